The normalized spacial score (nSPS) is 27.3. The van der Waals surface area contributed by atoms with Crippen molar-refractivity contribution in [2.24, 2.45) is 0 Å². The van der Waals surface area contributed by atoms with Gasteiger partial charge in [-0.2, -0.15) is 0 Å². The highest BCUT2D eigenvalue weighted by Gasteiger charge is 2.14. The molecule has 1 atom stereocenters. The van der Waals surface area contributed by atoms with Gasteiger partial charge in [-0.3, -0.25) is 7.05 Å². The van der Waals surface area contributed by atoms with Gasteiger partial charge in [-0.15, -0.1) is 0 Å². The van der Waals surface area contributed by atoms with Crippen LogP contribution in [-0.2, 0) is 9.47 Å². The summed E-state index contributed by atoms with van der Waals surface area (Å²) >= 11 is 0. The highest BCUT2D eigenvalue weighted by Crippen LogP contribution is 2.04. The van der Waals surface area contributed by atoms with Crippen LogP contribution in [0.5, 0.6) is 0 Å². The molecule has 1 fully saturated rings. The fourth-order valence-electron chi connectivity index (χ4n) is 1.10. The molecule has 0 aromatic rings. The van der Waals surface area contributed by atoms with Crippen LogP contribution in [0, 0.1) is 7.05 Å². The molecule has 0 bridgehead atoms. The maximum Gasteiger partial charge on any atom is 0.0621 e. The molecule has 1 unspecified atom stereocenters. The molecule has 0 radical (unpaired) electrons. The van der Waals surface area contributed by atoms with Crippen LogP contribution in [0.15, 0.2) is 0 Å². The number of ether oxygens (including phenoxy) is 2. The molecule has 0 saturated carbocycles. The van der Waals surface area contributed by atoms with Crippen LogP contribution in [0.2, 0.25) is 0 Å². The van der Waals surface area contributed by atoms with Crippen LogP contribution in [0.25, 0.3) is 0 Å². The van der Waals surface area contributed by atoms with E-state index in [1.807, 2.05) is 11.8 Å². The van der Waals surface area contributed by atoms with Gasteiger partial charge >= 0.3 is 0 Å². The van der Waals surface area contributed by atoms with Gasteiger partial charge in [-0.05, 0) is 13.5 Å². The monoisotopic (exact) mass is 158 g/mol. The van der Waals surface area contributed by atoms with Gasteiger partial charge in [0.25, 0.3) is 0 Å². The number of nitrogens with zero attached hydrogens (tertiary/aromatic N) is 1. The van der Waals surface area contributed by atoms with Crippen molar-refractivity contribution in [3.8, 4) is 0 Å². The van der Waals surface area contributed by atoms with E-state index in [0.717, 1.165) is 33.0 Å². The van der Waals surface area contributed by atoms with Crippen molar-refractivity contribution in [2.45, 2.75) is 13.0 Å². The Morgan fingerprint density at radius 3 is 3.18 bits per heavy atom. The predicted octanol–water partition coefficient (Wildman–Crippen LogP) is 0.515. The average Bonchev–Trinajstić information content (AvgIpc) is 2.03. The van der Waals surface area contributed by atoms with Gasteiger partial charge in [-0.25, -0.2) is 0 Å². The van der Waals surface area contributed by atoms with Crippen molar-refractivity contribution in [2.75, 3.05) is 33.0 Å². The Morgan fingerprint density at radius 2 is 2.55 bits per heavy atom. The van der Waals surface area contributed by atoms with Crippen LogP contribution in [-0.4, -0.2) is 43.9 Å². The van der Waals surface area contributed by atoms with E-state index in [1.165, 1.54) is 0 Å². The molecule has 1 saturated heterocycles. The predicted molar refractivity (Wildman–Crippen MR) is 43.2 cm³/mol. The van der Waals surface area contributed by atoms with Gasteiger partial charge in [0, 0.05) is 12.6 Å². The summed E-state index contributed by atoms with van der Waals surface area (Å²) in [6.07, 6.45) is 0. The molecule has 0 spiro atoms. The van der Waals surface area contributed by atoms with Crippen LogP contribution >= 0.6 is 0 Å². The van der Waals surface area contributed by atoms with E-state index in [2.05, 4.69) is 7.05 Å². The smallest absolute Gasteiger partial charge is 0.0621 e. The molecule has 1 aliphatic heterocycles. The van der Waals surface area contributed by atoms with E-state index >= 15 is 0 Å². The molecular formula is C8H16NO2-. The second-order valence-corrected chi connectivity index (χ2v) is 2.70. The zero-order valence-electron chi connectivity index (χ0n) is 7.08. The summed E-state index contributed by atoms with van der Waals surface area (Å²) < 4.78 is 10.6. The number of hydrogen-bond donors (Lipinski definition) is 0. The van der Waals surface area contributed by atoms with E-state index in [-0.39, 0.29) is 0 Å². The van der Waals surface area contributed by atoms with Crippen molar-refractivity contribution in [1.82, 2.24) is 4.90 Å². The van der Waals surface area contributed by atoms with Crippen LogP contribution in [0.1, 0.15) is 6.92 Å². The standard InChI is InChI=1S/C8H16NO2/c1-3-10-6-8-7-11-5-4-9(8)2/h8H,2-7H2,1H3/q-1. The number of hydrogen-bond acceptors (Lipinski definition) is 3. The van der Waals surface area contributed by atoms with E-state index in [0.29, 0.717) is 6.04 Å². The van der Waals surface area contributed by atoms with Crippen LogP contribution in [0.3, 0.4) is 0 Å². The highest BCUT2D eigenvalue weighted by atomic mass is 16.5. The lowest BCUT2D eigenvalue weighted by molar-refractivity contribution is -0.0225. The first-order chi connectivity index (χ1) is 5.34. The molecule has 0 N–H and O–H groups in total. The Bertz CT molecular complexity index is 108. The van der Waals surface area contributed by atoms with Gasteiger partial charge in [0.1, 0.15) is 0 Å². The number of morpholine rings is 1. The van der Waals surface area contributed by atoms with Crippen LogP contribution in [0.4, 0.5) is 0 Å². The third kappa shape index (κ3) is 2.77. The van der Waals surface area contributed by atoms with E-state index in [9.17, 15) is 0 Å². The topological polar surface area (TPSA) is 21.7 Å². The summed E-state index contributed by atoms with van der Waals surface area (Å²) in [4.78, 5) is 2.04. The zero-order chi connectivity index (χ0) is 8.10. The largest absolute Gasteiger partial charge is 0.451 e. The maximum absolute atomic E-state index is 5.29. The molecule has 0 aromatic heterocycles. The molecule has 0 aromatic carbocycles. The molecular weight excluding hydrogens is 142 g/mol. The lowest BCUT2D eigenvalue weighted by Gasteiger charge is -2.38. The first-order valence-corrected chi connectivity index (χ1v) is 4.07. The Labute approximate surface area is 68.3 Å². The molecule has 1 aliphatic rings. The molecule has 11 heavy (non-hydrogen) atoms. The molecule has 1 heterocycles. The first kappa shape index (κ1) is 8.97. The minimum absolute atomic E-state index is 0.351. The highest BCUT2D eigenvalue weighted by molar-refractivity contribution is 4.73. The lowest BCUT2D eigenvalue weighted by Crippen LogP contribution is -2.44. The number of rotatable bonds is 3. The van der Waals surface area contributed by atoms with Gasteiger partial charge in [0.15, 0.2) is 0 Å². The van der Waals surface area contributed by atoms with Gasteiger partial charge in [0.05, 0.1) is 19.8 Å². The van der Waals surface area contributed by atoms with Crippen molar-refractivity contribution in [3.63, 3.8) is 0 Å². The van der Waals surface area contributed by atoms with Gasteiger partial charge in [0.2, 0.25) is 0 Å². The minimum Gasteiger partial charge on any atom is -0.451 e. The fraction of sp³-hybridized carbons (Fsp3) is 0.875. The fourth-order valence-corrected chi connectivity index (χ4v) is 1.10. The Kier molecular flexibility index (Phi) is 3.83. The first-order valence-electron chi connectivity index (χ1n) is 4.07. The van der Waals surface area contributed by atoms with Crippen molar-refractivity contribution in [1.29, 1.82) is 0 Å². The van der Waals surface area contributed by atoms with Gasteiger partial charge in [-0.1, -0.05) is 0 Å². The summed E-state index contributed by atoms with van der Waals surface area (Å²) in [5.41, 5.74) is 0. The van der Waals surface area contributed by atoms with E-state index < -0.39 is 0 Å². The molecule has 0 amide bonds. The summed E-state index contributed by atoms with van der Waals surface area (Å²) in [5.74, 6) is 0. The molecule has 66 valence electrons. The quantitative estimate of drug-likeness (QED) is 0.559. The Morgan fingerprint density at radius 1 is 1.73 bits per heavy atom. The molecule has 1 rings (SSSR count). The summed E-state index contributed by atoms with van der Waals surface area (Å²) in [7, 11) is 3.91. The minimum atomic E-state index is 0.351. The average molecular weight is 158 g/mol. The van der Waals surface area contributed by atoms with Gasteiger partial charge < -0.3 is 14.4 Å². The molecule has 3 heteroatoms. The van der Waals surface area contributed by atoms with E-state index in [1.54, 1.807) is 0 Å². The second kappa shape index (κ2) is 4.70. The Hall–Kier alpha value is -0.120. The SMILES string of the molecule is [CH2-]N1CCOCC1COCC. The third-order valence-electron chi connectivity index (χ3n) is 1.86. The molecule has 3 nitrogen and oxygen atoms in total. The molecule has 0 aliphatic carbocycles. The van der Waals surface area contributed by atoms with Crippen molar-refractivity contribution < 1.29 is 9.47 Å². The summed E-state index contributed by atoms with van der Waals surface area (Å²) in [6, 6.07) is 0.351. The van der Waals surface area contributed by atoms with Crippen molar-refractivity contribution in [3.05, 3.63) is 7.05 Å². The van der Waals surface area contributed by atoms with Crippen molar-refractivity contribution >= 4 is 0 Å². The third-order valence-corrected chi connectivity index (χ3v) is 1.86. The van der Waals surface area contributed by atoms with E-state index in [4.69, 9.17) is 9.47 Å². The van der Waals surface area contributed by atoms with Crippen LogP contribution < -0.4 is 0 Å². The lowest BCUT2D eigenvalue weighted by atomic mass is 10.2. The maximum atomic E-state index is 5.29. The summed E-state index contributed by atoms with van der Waals surface area (Å²) in [6.45, 7) is 5.97. The summed E-state index contributed by atoms with van der Waals surface area (Å²) in [5, 5.41) is 0. The Balaban J connectivity index is 2.18. The second-order valence-electron chi connectivity index (χ2n) is 2.70. The zero-order valence-corrected chi connectivity index (χ0v) is 7.08.